The van der Waals surface area contributed by atoms with Gasteiger partial charge in [-0.3, -0.25) is 5.43 Å². The highest BCUT2D eigenvalue weighted by Gasteiger charge is 2.10. The fourth-order valence-electron chi connectivity index (χ4n) is 1.50. The number of ether oxygens (including phenoxy) is 2. The minimum Gasteiger partial charge on any atom is -0.497 e. The lowest BCUT2D eigenvalue weighted by molar-refractivity contribution is 0.240. The monoisotopic (exact) mass is 239 g/mol. The molecule has 0 aromatic heterocycles. The van der Waals surface area contributed by atoms with Gasteiger partial charge in [-0.05, 0) is 18.6 Å². The van der Waals surface area contributed by atoms with Crippen molar-refractivity contribution in [3.8, 4) is 11.5 Å². The first-order chi connectivity index (χ1) is 8.12. The molecule has 4 N–H and O–H groups in total. The van der Waals surface area contributed by atoms with E-state index >= 15 is 0 Å². The summed E-state index contributed by atoms with van der Waals surface area (Å²) in [7, 11) is 3.16. The van der Waals surface area contributed by atoms with Crippen molar-refractivity contribution in [2.24, 2.45) is 5.84 Å². The highest BCUT2D eigenvalue weighted by molar-refractivity contribution is 5.73. The zero-order chi connectivity index (χ0) is 12.8. The van der Waals surface area contributed by atoms with Crippen molar-refractivity contribution < 1.29 is 14.3 Å². The molecule has 0 aliphatic rings. The number of benzene rings is 1. The molecule has 0 fully saturated rings. The van der Waals surface area contributed by atoms with Gasteiger partial charge in [-0.2, -0.15) is 0 Å². The summed E-state index contributed by atoms with van der Waals surface area (Å²) in [4.78, 5) is 11.0. The van der Waals surface area contributed by atoms with Crippen molar-refractivity contribution in [3.63, 3.8) is 0 Å². The maximum absolute atomic E-state index is 11.0. The molecule has 0 saturated heterocycles. The molecule has 1 aromatic rings. The quantitative estimate of drug-likeness (QED) is 0.410. The fourth-order valence-corrected chi connectivity index (χ4v) is 1.50. The van der Waals surface area contributed by atoms with E-state index in [1.165, 1.54) is 0 Å². The van der Waals surface area contributed by atoms with Crippen molar-refractivity contribution in [1.29, 1.82) is 0 Å². The molecule has 0 aliphatic heterocycles. The summed E-state index contributed by atoms with van der Waals surface area (Å²) in [6.07, 6.45) is 0. The molecule has 17 heavy (non-hydrogen) atoms. The van der Waals surface area contributed by atoms with Crippen LogP contribution in [0.25, 0.3) is 0 Å². The lowest BCUT2D eigenvalue weighted by Gasteiger charge is -2.14. The smallest absolute Gasteiger partial charge is 0.329 e. The Kier molecular flexibility index (Phi) is 4.59. The van der Waals surface area contributed by atoms with Crippen LogP contribution in [0, 0.1) is 6.92 Å². The van der Waals surface area contributed by atoms with E-state index in [4.69, 9.17) is 15.3 Å². The topological polar surface area (TPSA) is 85.6 Å². The molecule has 0 saturated carbocycles. The zero-order valence-corrected chi connectivity index (χ0v) is 10.2. The van der Waals surface area contributed by atoms with Crippen molar-refractivity contribution in [1.82, 2.24) is 10.7 Å². The van der Waals surface area contributed by atoms with E-state index in [1.54, 1.807) is 20.3 Å². The number of hydrogen-bond acceptors (Lipinski definition) is 4. The third kappa shape index (κ3) is 3.25. The molecule has 0 bridgehead atoms. The van der Waals surface area contributed by atoms with Crippen LogP contribution in [0.15, 0.2) is 12.1 Å². The van der Waals surface area contributed by atoms with Crippen LogP contribution in [0.2, 0.25) is 0 Å². The molecule has 6 heteroatoms. The number of nitrogens with two attached hydrogens (primary N) is 1. The van der Waals surface area contributed by atoms with Crippen LogP contribution in [0.1, 0.15) is 11.1 Å². The predicted molar refractivity (Wildman–Crippen MR) is 63.8 cm³/mol. The number of amides is 2. The van der Waals surface area contributed by atoms with Crippen LogP contribution in [0.3, 0.4) is 0 Å². The van der Waals surface area contributed by atoms with Crippen LogP contribution < -0.4 is 26.1 Å². The number of hydrogen-bond donors (Lipinski definition) is 3. The molecule has 0 heterocycles. The van der Waals surface area contributed by atoms with E-state index in [2.05, 4.69) is 5.32 Å². The number of carbonyl (C=O) groups excluding carboxylic acids is 1. The van der Waals surface area contributed by atoms with E-state index in [0.29, 0.717) is 18.0 Å². The van der Waals surface area contributed by atoms with Crippen molar-refractivity contribution in [3.05, 3.63) is 23.3 Å². The van der Waals surface area contributed by atoms with E-state index in [0.717, 1.165) is 11.1 Å². The van der Waals surface area contributed by atoms with Gasteiger partial charge in [0, 0.05) is 18.2 Å². The Balaban J connectivity index is 2.93. The molecule has 94 valence electrons. The molecule has 0 spiro atoms. The Labute approximate surface area is 100 Å². The molecule has 0 radical (unpaired) electrons. The van der Waals surface area contributed by atoms with E-state index in [1.807, 2.05) is 18.4 Å². The summed E-state index contributed by atoms with van der Waals surface area (Å²) in [5, 5.41) is 2.61. The number of hydrazine groups is 1. The second kappa shape index (κ2) is 5.95. The van der Waals surface area contributed by atoms with Gasteiger partial charge in [-0.1, -0.05) is 0 Å². The Morgan fingerprint density at radius 1 is 1.35 bits per heavy atom. The van der Waals surface area contributed by atoms with Gasteiger partial charge in [-0.25, -0.2) is 10.6 Å². The molecule has 0 unspecified atom stereocenters. The van der Waals surface area contributed by atoms with Crippen molar-refractivity contribution in [2.45, 2.75) is 13.5 Å². The molecule has 2 amide bonds. The number of rotatable bonds is 4. The predicted octanol–water partition coefficient (Wildman–Crippen LogP) is 0.685. The maximum atomic E-state index is 11.0. The SMILES string of the molecule is COc1cc(C)c(CNC(=O)NN)c(OC)c1. The van der Waals surface area contributed by atoms with Crippen molar-refractivity contribution >= 4 is 6.03 Å². The van der Waals surface area contributed by atoms with Gasteiger partial charge in [-0.15, -0.1) is 0 Å². The summed E-state index contributed by atoms with van der Waals surface area (Å²) in [6.45, 7) is 2.25. The lowest BCUT2D eigenvalue weighted by Crippen LogP contribution is -2.39. The largest absolute Gasteiger partial charge is 0.497 e. The van der Waals surface area contributed by atoms with Gasteiger partial charge in [0.15, 0.2) is 0 Å². The van der Waals surface area contributed by atoms with Gasteiger partial charge >= 0.3 is 6.03 Å². The molecule has 0 atom stereocenters. The summed E-state index contributed by atoms with van der Waals surface area (Å²) in [5.74, 6) is 6.36. The van der Waals surface area contributed by atoms with Gasteiger partial charge in [0.1, 0.15) is 11.5 Å². The van der Waals surface area contributed by atoms with E-state index < -0.39 is 6.03 Å². The average Bonchev–Trinajstić information content (AvgIpc) is 2.35. The maximum Gasteiger partial charge on any atom is 0.329 e. The second-order valence-corrected chi connectivity index (χ2v) is 3.45. The van der Waals surface area contributed by atoms with Crippen LogP contribution in [-0.4, -0.2) is 20.3 Å². The van der Waals surface area contributed by atoms with Crippen LogP contribution in [0.5, 0.6) is 11.5 Å². The molecule has 1 rings (SSSR count). The standard InChI is InChI=1S/C11H17N3O3/c1-7-4-8(16-2)5-10(17-3)9(7)6-13-11(15)14-12/h4-5H,6,12H2,1-3H3,(H2,13,14,15). The highest BCUT2D eigenvalue weighted by atomic mass is 16.5. The normalized spacial score (nSPS) is 9.65. The molecule has 0 aliphatic carbocycles. The Bertz CT molecular complexity index is 407. The Hall–Kier alpha value is -1.95. The highest BCUT2D eigenvalue weighted by Crippen LogP contribution is 2.28. The minimum absolute atomic E-state index is 0.335. The molecular weight excluding hydrogens is 222 g/mol. The molecule has 6 nitrogen and oxygen atoms in total. The van der Waals surface area contributed by atoms with Crippen molar-refractivity contribution in [2.75, 3.05) is 14.2 Å². The van der Waals surface area contributed by atoms with E-state index in [-0.39, 0.29) is 0 Å². The first-order valence-electron chi connectivity index (χ1n) is 5.08. The van der Waals surface area contributed by atoms with Gasteiger partial charge in [0.25, 0.3) is 0 Å². The number of urea groups is 1. The lowest BCUT2D eigenvalue weighted by atomic mass is 10.1. The van der Waals surface area contributed by atoms with Gasteiger partial charge in [0.2, 0.25) is 0 Å². The first-order valence-corrected chi connectivity index (χ1v) is 5.08. The third-order valence-corrected chi connectivity index (χ3v) is 2.42. The molecule has 1 aromatic carbocycles. The minimum atomic E-state index is -0.442. The second-order valence-electron chi connectivity index (χ2n) is 3.45. The number of aryl methyl sites for hydroxylation is 1. The first kappa shape index (κ1) is 13.1. The Morgan fingerprint density at radius 2 is 2.06 bits per heavy atom. The van der Waals surface area contributed by atoms with Gasteiger partial charge < -0.3 is 14.8 Å². The number of nitrogens with one attached hydrogen (secondary N) is 2. The van der Waals surface area contributed by atoms with Crippen LogP contribution in [0.4, 0.5) is 4.79 Å². The van der Waals surface area contributed by atoms with E-state index in [9.17, 15) is 4.79 Å². The summed E-state index contributed by atoms with van der Waals surface area (Å²) < 4.78 is 10.4. The number of methoxy groups -OCH3 is 2. The zero-order valence-electron chi connectivity index (χ0n) is 10.2. The Morgan fingerprint density at radius 3 is 2.59 bits per heavy atom. The summed E-state index contributed by atoms with van der Waals surface area (Å²) in [6, 6.07) is 3.20. The summed E-state index contributed by atoms with van der Waals surface area (Å²) >= 11 is 0. The molecular formula is C11H17N3O3. The van der Waals surface area contributed by atoms with Crippen LogP contribution in [-0.2, 0) is 6.54 Å². The van der Waals surface area contributed by atoms with Crippen LogP contribution >= 0.6 is 0 Å². The summed E-state index contributed by atoms with van der Waals surface area (Å²) in [5.41, 5.74) is 3.86. The fraction of sp³-hybridized carbons (Fsp3) is 0.364. The average molecular weight is 239 g/mol. The van der Waals surface area contributed by atoms with Gasteiger partial charge in [0.05, 0.1) is 14.2 Å². The number of carbonyl (C=O) groups is 1. The third-order valence-electron chi connectivity index (χ3n) is 2.42.